The molecule has 0 bridgehead atoms. The van der Waals surface area contributed by atoms with Crippen molar-refractivity contribution in [2.75, 3.05) is 12.8 Å². The summed E-state index contributed by atoms with van der Waals surface area (Å²) in [6.07, 6.45) is 0. The highest BCUT2D eigenvalue weighted by Gasteiger charge is 2.13. The third-order valence-electron chi connectivity index (χ3n) is 3.85. The van der Waals surface area contributed by atoms with Crippen LogP contribution in [0.2, 0.25) is 0 Å². The molecule has 0 aliphatic carbocycles. The summed E-state index contributed by atoms with van der Waals surface area (Å²) < 4.78 is 5.21. The van der Waals surface area contributed by atoms with E-state index in [2.05, 4.69) is 41.2 Å². The Hall–Kier alpha value is -2.88. The summed E-state index contributed by atoms with van der Waals surface area (Å²) in [5.74, 6) is 1.09. The van der Waals surface area contributed by atoms with E-state index in [1.807, 2.05) is 31.2 Å². The molecule has 0 saturated carbocycles. The molecular weight excluding hydrogens is 286 g/mol. The van der Waals surface area contributed by atoms with Crippen LogP contribution in [-0.2, 0) is 0 Å². The summed E-state index contributed by atoms with van der Waals surface area (Å²) in [4.78, 5) is 8.86. The monoisotopic (exact) mass is 305 g/mol. The summed E-state index contributed by atoms with van der Waals surface area (Å²) in [7, 11) is 1.65. The number of hydrogen-bond donors (Lipinski definition) is 1. The van der Waals surface area contributed by atoms with E-state index in [0.717, 1.165) is 33.8 Å². The number of aryl methyl sites for hydroxylation is 1. The van der Waals surface area contributed by atoms with Crippen molar-refractivity contribution in [3.63, 3.8) is 0 Å². The van der Waals surface area contributed by atoms with Gasteiger partial charge in [-0.2, -0.15) is 0 Å². The first kappa shape index (κ1) is 15.0. The lowest BCUT2D eigenvalue weighted by Crippen LogP contribution is -2.02. The summed E-state index contributed by atoms with van der Waals surface area (Å²) in [5.41, 5.74) is 11.9. The van der Waals surface area contributed by atoms with E-state index < -0.39 is 0 Å². The van der Waals surface area contributed by atoms with Gasteiger partial charge in [0.05, 0.1) is 18.5 Å². The lowest BCUT2D eigenvalue weighted by Gasteiger charge is -2.12. The molecular formula is C19H19N3O. The van der Waals surface area contributed by atoms with E-state index in [0.29, 0.717) is 0 Å². The SMILES string of the molecule is COc1ccc(-c2nc(N)nc(-c3ccc(C)cc3)c2C)cc1. The molecule has 0 radical (unpaired) electrons. The maximum absolute atomic E-state index is 5.94. The first-order chi connectivity index (χ1) is 11.1. The number of nitrogens with zero attached hydrogens (tertiary/aromatic N) is 2. The molecule has 0 amide bonds. The van der Waals surface area contributed by atoms with Gasteiger partial charge >= 0.3 is 0 Å². The van der Waals surface area contributed by atoms with Crippen LogP contribution in [0.15, 0.2) is 48.5 Å². The molecule has 0 aliphatic rings. The van der Waals surface area contributed by atoms with Crippen LogP contribution in [0.5, 0.6) is 5.75 Å². The van der Waals surface area contributed by atoms with Gasteiger partial charge in [0, 0.05) is 16.7 Å². The highest BCUT2D eigenvalue weighted by molar-refractivity contribution is 5.74. The number of aromatic nitrogens is 2. The Morgan fingerprint density at radius 2 is 1.26 bits per heavy atom. The first-order valence-electron chi connectivity index (χ1n) is 7.44. The zero-order valence-corrected chi connectivity index (χ0v) is 13.5. The van der Waals surface area contributed by atoms with Crippen molar-refractivity contribution in [1.29, 1.82) is 0 Å². The Morgan fingerprint density at radius 3 is 1.74 bits per heavy atom. The number of ether oxygens (including phenoxy) is 1. The van der Waals surface area contributed by atoms with Crippen LogP contribution in [-0.4, -0.2) is 17.1 Å². The van der Waals surface area contributed by atoms with Gasteiger partial charge in [0.15, 0.2) is 0 Å². The standard InChI is InChI=1S/C19H19N3O/c1-12-4-6-14(7-5-12)17-13(2)18(22-19(20)21-17)15-8-10-16(23-3)11-9-15/h4-11H,1-3H3,(H2,20,21,22). The second-order valence-corrected chi connectivity index (χ2v) is 5.50. The Kier molecular flexibility index (Phi) is 3.98. The molecule has 116 valence electrons. The van der Waals surface area contributed by atoms with Crippen LogP contribution in [0, 0.1) is 13.8 Å². The summed E-state index contributed by atoms with van der Waals surface area (Å²) in [6, 6.07) is 16.0. The lowest BCUT2D eigenvalue weighted by molar-refractivity contribution is 0.415. The van der Waals surface area contributed by atoms with Gasteiger partial charge in [-0.1, -0.05) is 29.8 Å². The maximum atomic E-state index is 5.94. The minimum atomic E-state index is 0.275. The van der Waals surface area contributed by atoms with Crippen molar-refractivity contribution >= 4 is 5.95 Å². The molecule has 0 spiro atoms. The molecule has 0 saturated heterocycles. The summed E-state index contributed by atoms with van der Waals surface area (Å²) >= 11 is 0. The quantitative estimate of drug-likeness (QED) is 0.794. The van der Waals surface area contributed by atoms with Crippen LogP contribution in [0.4, 0.5) is 5.95 Å². The Balaban J connectivity index is 2.12. The van der Waals surface area contributed by atoms with Crippen molar-refractivity contribution < 1.29 is 4.74 Å². The van der Waals surface area contributed by atoms with Gasteiger partial charge in [0.1, 0.15) is 5.75 Å². The molecule has 1 heterocycles. The fourth-order valence-electron chi connectivity index (χ4n) is 2.56. The normalized spacial score (nSPS) is 10.6. The van der Waals surface area contributed by atoms with Crippen molar-refractivity contribution in [2.45, 2.75) is 13.8 Å². The highest BCUT2D eigenvalue weighted by Crippen LogP contribution is 2.30. The molecule has 2 N–H and O–H groups in total. The number of nitrogen functional groups attached to an aromatic ring is 1. The Bertz CT molecular complexity index is 824. The molecule has 3 rings (SSSR count). The van der Waals surface area contributed by atoms with E-state index in [4.69, 9.17) is 10.5 Å². The van der Waals surface area contributed by atoms with Gasteiger partial charge < -0.3 is 10.5 Å². The predicted molar refractivity (Wildman–Crippen MR) is 93.3 cm³/mol. The molecule has 3 aromatic rings. The topological polar surface area (TPSA) is 61.0 Å². The highest BCUT2D eigenvalue weighted by atomic mass is 16.5. The predicted octanol–water partition coefficient (Wildman–Crippen LogP) is 4.02. The van der Waals surface area contributed by atoms with E-state index in [1.54, 1.807) is 7.11 Å². The molecule has 0 unspecified atom stereocenters. The zero-order chi connectivity index (χ0) is 16.4. The molecule has 4 nitrogen and oxygen atoms in total. The largest absolute Gasteiger partial charge is 0.497 e. The molecule has 0 fully saturated rings. The van der Waals surface area contributed by atoms with Crippen molar-refractivity contribution in [2.24, 2.45) is 0 Å². The molecule has 0 aliphatic heterocycles. The van der Waals surface area contributed by atoms with E-state index in [9.17, 15) is 0 Å². The van der Waals surface area contributed by atoms with E-state index >= 15 is 0 Å². The maximum Gasteiger partial charge on any atom is 0.221 e. The number of nitrogens with two attached hydrogens (primary N) is 1. The van der Waals surface area contributed by atoms with Crippen molar-refractivity contribution in [3.8, 4) is 28.3 Å². The van der Waals surface area contributed by atoms with Crippen LogP contribution in [0.1, 0.15) is 11.1 Å². The van der Waals surface area contributed by atoms with Crippen LogP contribution >= 0.6 is 0 Å². The Morgan fingerprint density at radius 1 is 0.783 bits per heavy atom. The van der Waals surface area contributed by atoms with Crippen LogP contribution in [0.25, 0.3) is 22.5 Å². The molecule has 0 atom stereocenters. The smallest absolute Gasteiger partial charge is 0.221 e. The van der Waals surface area contributed by atoms with Gasteiger partial charge in [-0.25, -0.2) is 9.97 Å². The third-order valence-corrected chi connectivity index (χ3v) is 3.85. The zero-order valence-electron chi connectivity index (χ0n) is 13.5. The Labute approximate surface area is 136 Å². The molecule has 4 heteroatoms. The van der Waals surface area contributed by atoms with E-state index in [-0.39, 0.29) is 5.95 Å². The number of hydrogen-bond acceptors (Lipinski definition) is 4. The fourth-order valence-corrected chi connectivity index (χ4v) is 2.56. The van der Waals surface area contributed by atoms with Gasteiger partial charge in [-0.05, 0) is 38.1 Å². The first-order valence-corrected chi connectivity index (χ1v) is 7.44. The van der Waals surface area contributed by atoms with Crippen molar-refractivity contribution in [3.05, 3.63) is 59.7 Å². The third kappa shape index (κ3) is 3.01. The molecule has 2 aromatic carbocycles. The second kappa shape index (κ2) is 6.08. The number of benzene rings is 2. The average Bonchev–Trinajstić information content (AvgIpc) is 2.57. The van der Waals surface area contributed by atoms with E-state index in [1.165, 1.54) is 5.56 Å². The second-order valence-electron chi connectivity index (χ2n) is 5.50. The van der Waals surface area contributed by atoms with Gasteiger partial charge in [0.25, 0.3) is 0 Å². The minimum Gasteiger partial charge on any atom is -0.497 e. The van der Waals surface area contributed by atoms with Crippen LogP contribution in [0.3, 0.4) is 0 Å². The number of anilines is 1. The number of methoxy groups -OCH3 is 1. The summed E-state index contributed by atoms with van der Waals surface area (Å²) in [6.45, 7) is 4.09. The van der Waals surface area contributed by atoms with Gasteiger partial charge in [0.2, 0.25) is 5.95 Å². The van der Waals surface area contributed by atoms with Gasteiger partial charge in [-0.15, -0.1) is 0 Å². The van der Waals surface area contributed by atoms with Crippen molar-refractivity contribution in [1.82, 2.24) is 9.97 Å². The lowest BCUT2D eigenvalue weighted by atomic mass is 10.0. The fraction of sp³-hybridized carbons (Fsp3) is 0.158. The summed E-state index contributed by atoms with van der Waals surface area (Å²) in [5, 5.41) is 0. The molecule has 1 aromatic heterocycles. The minimum absolute atomic E-state index is 0.275. The van der Waals surface area contributed by atoms with Crippen LogP contribution < -0.4 is 10.5 Å². The molecule has 23 heavy (non-hydrogen) atoms. The number of rotatable bonds is 3. The average molecular weight is 305 g/mol. The van der Waals surface area contributed by atoms with Gasteiger partial charge in [-0.3, -0.25) is 0 Å².